The van der Waals surface area contributed by atoms with Gasteiger partial charge in [0.1, 0.15) is 11.6 Å². The highest BCUT2D eigenvalue weighted by molar-refractivity contribution is 6.36. The van der Waals surface area contributed by atoms with E-state index in [0.717, 1.165) is 4.57 Å². The zero-order valence-electron chi connectivity index (χ0n) is 11.8. The maximum atomic E-state index is 11.9. The summed E-state index contributed by atoms with van der Waals surface area (Å²) in [6, 6.07) is 6.64. The number of hydrogen-bond acceptors (Lipinski definition) is 4. The molecule has 0 saturated carbocycles. The average molecular weight is 336 g/mol. The van der Waals surface area contributed by atoms with Crippen LogP contribution in [0.2, 0.25) is 10.0 Å². The Morgan fingerprint density at radius 1 is 1.41 bits per heavy atom. The van der Waals surface area contributed by atoms with Crippen molar-refractivity contribution >= 4 is 35.1 Å². The van der Waals surface area contributed by atoms with Crippen LogP contribution in [0.1, 0.15) is 16.7 Å². The molecule has 5 nitrogen and oxygen atoms in total. The van der Waals surface area contributed by atoms with Crippen LogP contribution in [0.5, 0.6) is 5.88 Å². The van der Waals surface area contributed by atoms with Crippen LogP contribution in [-0.4, -0.2) is 15.9 Å². The van der Waals surface area contributed by atoms with Crippen molar-refractivity contribution in [2.24, 2.45) is 12.0 Å². The molecule has 112 valence electrons. The minimum Gasteiger partial charge on any atom is -0.494 e. The first-order chi connectivity index (χ1) is 10.4. The SMILES string of the molecule is Cc1c(C=Nc2ccc(Cl)cc2Cl)c(O)n(C)c(=O)c1C#N. The minimum atomic E-state index is -0.556. The molecule has 0 aliphatic rings. The molecule has 0 fully saturated rings. The number of nitrogens with zero attached hydrogens (tertiary/aromatic N) is 3. The molecule has 1 aromatic heterocycles. The van der Waals surface area contributed by atoms with Gasteiger partial charge in [-0.15, -0.1) is 0 Å². The Labute approximate surface area is 136 Å². The minimum absolute atomic E-state index is 0.0380. The van der Waals surface area contributed by atoms with Crippen molar-refractivity contribution in [3.63, 3.8) is 0 Å². The highest BCUT2D eigenvalue weighted by Gasteiger charge is 2.15. The van der Waals surface area contributed by atoms with Crippen molar-refractivity contribution in [1.82, 2.24) is 4.57 Å². The zero-order chi connectivity index (χ0) is 16.4. The van der Waals surface area contributed by atoms with E-state index in [9.17, 15) is 9.90 Å². The second kappa shape index (κ2) is 6.22. The molecular formula is C15H11Cl2N3O2. The molecule has 1 N–H and O–H groups in total. The van der Waals surface area contributed by atoms with Gasteiger partial charge in [-0.05, 0) is 30.7 Å². The lowest BCUT2D eigenvalue weighted by molar-refractivity contribution is 0.421. The van der Waals surface area contributed by atoms with Crippen molar-refractivity contribution < 1.29 is 5.11 Å². The fourth-order valence-electron chi connectivity index (χ4n) is 1.91. The van der Waals surface area contributed by atoms with Crippen molar-refractivity contribution in [3.05, 3.63) is 55.3 Å². The van der Waals surface area contributed by atoms with Gasteiger partial charge in [0.2, 0.25) is 5.88 Å². The molecule has 0 radical (unpaired) electrons. The summed E-state index contributed by atoms with van der Waals surface area (Å²) in [5, 5.41) is 20.0. The van der Waals surface area contributed by atoms with Gasteiger partial charge in [0.05, 0.1) is 16.3 Å². The number of nitriles is 1. The smallest absolute Gasteiger partial charge is 0.271 e. The first-order valence-electron chi connectivity index (χ1n) is 6.18. The van der Waals surface area contributed by atoms with Crippen LogP contribution >= 0.6 is 23.2 Å². The highest BCUT2D eigenvalue weighted by atomic mass is 35.5. The van der Waals surface area contributed by atoms with Crippen molar-refractivity contribution in [2.45, 2.75) is 6.92 Å². The second-order valence-electron chi connectivity index (χ2n) is 4.57. The largest absolute Gasteiger partial charge is 0.494 e. The molecule has 0 aliphatic heterocycles. The molecule has 0 atom stereocenters. The Morgan fingerprint density at radius 2 is 2.09 bits per heavy atom. The van der Waals surface area contributed by atoms with Crippen molar-refractivity contribution in [3.8, 4) is 11.9 Å². The number of aromatic hydroxyl groups is 1. The summed E-state index contributed by atoms with van der Waals surface area (Å²) < 4.78 is 0.996. The predicted octanol–water partition coefficient (Wildman–Crippen LogP) is 3.33. The van der Waals surface area contributed by atoms with Gasteiger partial charge in [-0.2, -0.15) is 5.26 Å². The normalized spacial score (nSPS) is 10.9. The van der Waals surface area contributed by atoms with E-state index in [1.165, 1.54) is 13.3 Å². The number of rotatable bonds is 2. The number of hydrogen-bond donors (Lipinski definition) is 1. The Bertz CT molecular complexity index is 880. The molecule has 2 rings (SSSR count). The molecule has 7 heteroatoms. The van der Waals surface area contributed by atoms with E-state index in [2.05, 4.69) is 4.99 Å². The number of benzene rings is 1. The van der Waals surface area contributed by atoms with Gasteiger partial charge in [-0.3, -0.25) is 14.4 Å². The fourth-order valence-corrected chi connectivity index (χ4v) is 2.37. The summed E-state index contributed by atoms with van der Waals surface area (Å²) in [4.78, 5) is 16.0. The summed E-state index contributed by atoms with van der Waals surface area (Å²) in [5.74, 6) is -0.268. The number of pyridine rings is 1. The quantitative estimate of drug-likeness (QED) is 0.855. The predicted molar refractivity (Wildman–Crippen MR) is 86.5 cm³/mol. The molecule has 2 aromatic rings. The van der Waals surface area contributed by atoms with E-state index >= 15 is 0 Å². The molecule has 0 bridgehead atoms. The monoisotopic (exact) mass is 335 g/mol. The average Bonchev–Trinajstić information content (AvgIpc) is 2.47. The topological polar surface area (TPSA) is 78.4 Å². The van der Waals surface area contributed by atoms with E-state index in [-0.39, 0.29) is 17.0 Å². The van der Waals surface area contributed by atoms with Crippen LogP contribution in [0.3, 0.4) is 0 Å². The Kier molecular flexibility index (Phi) is 4.55. The second-order valence-corrected chi connectivity index (χ2v) is 5.41. The van der Waals surface area contributed by atoms with E-state index in [0.29, 0.717) is 21.3 Å². The van der Waals surface area contributed by atoms with Gasteiger partial charge >= 0.3 is 0 Å². The summed E-state index contributed by atoms with van der Waals surface area (Å²) in [6.45, 7) is 1.57. The maximum absolute atomic E-state index is 11.9. The third kappa shape index (κ3) is 2.84. The summed E-state index contributed by atoms with van der Waals surface area (Å²) in [7, 11) is 1.38. The maximum Gasteiger partial charge on any atom is 0.271 e. The van der Waals surface area contributed by atoms with Crippen LogP contribution in [-0.2, 0) is 7.05 Å². The van der Waals surface area contributed by atoms with Crippen LogP contribution in [0, 0.1) is 18.3 Å². The molecule has 1 heterocycles. The number of aromatic nitrogens is 1. The highest BCUT2D eigenvalue weighted by Crippen LogP contribution is 2.28. The van der Waals surface area contributed by atoms with Gasteiger partial charge in [0.15, 0.2) is 0 Å². The fraction of sp³-hybridized carbons (Fsp3) is 0.133. The lowest BCUT2D eigenvalue weighted by Crippen LogP contribution is -2.22. The Balaban J connectivity index is 2.59. The third-order valence-corrected chi connectivity index (χ3v) is 3.75. The first kappa shape index (κ1) is 16.1. The standard InChI is InChI=1S/C15H11Cl2N3O2/c1-8-10(6-18)14(21)20(2)15(22)11(8)7-19-13-4-3-9(16)5-12(13)17/h3-5,7,22H,1-2H3. The molecule has 0 aliphatic carbocycles. The van der Waals surface area contributed by atoms with E-state index < -0.39 is 5.56 Å². The van der Waals surface area contributed by atoms with Crippen LogP contribution in [0.4, 0.5) is 5.69 Å². The molecular weight excluding hydrogens is 325 g/mol. The van der Waals surface area contributed by atoms with E-state index in [1.54, 1.807) is 25.1 Å². The molecule has 22 heavy (non-hydrogen) atoms. The Morgan fingerprint density at radius 3 is 2.68 bits per heavy atom. The van der Waals surface area contributed by atoms with Gasteiger partial charge in [0, 0.05) is 18.3 Å². The van der Waals surface area contributed by atoms with Crippen LogP contribution < -0.4 is 5.56 Å². The Hall–Kier alpha value is -2.29. The summed E-state index contributed by atoms with van der Waals surface area (Å²) in [5.41, 5.74) is 0.502. The lowest BCUT2D eigenvalue weighted by atomic mass is 10.1. The molecule has 1 aromatic carbocycles. The zero-order valence-corrected chi connectivity index (χ0v) is 13.3. The molecule has 0 amide bonds. The van der Waals surface area contributed by atoms with E-state index in [4.69, 9.17) is 28.5 Å². The van der Waals surface area contributed by atoms with Gasteiger partial charge in [-0.25, -0.2) is 0 Å². The summed E-state index contributed by atoms with van der Waals surface area (Å²) >= 11 is 11.8. The van der Waals surface area contributed by atoms with Gasteiger partial charge in [0.25, 0.3) is 5.56 Å². The molecule has 0 spiro atoms. The first-order valence-corrected chi connectivity index (χ1v) is 6.94. The third-order valence-electron chi connectivity index (χ3n) is 3.21. The van der Waals surface area contributed by atoms with Crippen molar-refractivity contribution in [1.29, 1.82) is 5.26 Å². The lowest BCUT2D eigenvalue weighted by Gasteiger charge is -2.09. The van der Waals surface area contributed by atoms with Crippen molar-refractivity contribution in [2.75, 3.05) is 0 Å². The number of halogens is 2. The summed E-state index contributed by atoms with van der Waals surface area (Å²) in [6.07, 6.45) is 1.36. The van der Waals surface area contributed by atoms with Crippen LogP contribution in [0.15, 0.2) is 28.0 Å². The molecule has 0 unspecified atom stereocenters. The van der Waals surface area contributed by atoms with Gasteiger partial charge < -0.3 is 5.11 Å². The number of aliphatic imine (C=N–C) groups is 1. The van der Waals surface area contributed by atoms with Crippen LogP contribution in [0.25, 0.3) is 0 Å². The van der Waals surface area contributed by atoms with E-state index in [1.807, 2.05) is 6.07 Å². The van der Waals surface area contributed by atoms with Gasteiger partial charge in [-0.1, -0.05) is 23.2 Å². The molecule has 0 saturated heterocycles.